The summed E-state index contributed by atoms with van der Waals surface area (Å²) in [7, 11) is 0. The summed E-state index contributed by atoms with van der Waals surface area (Å²) in [6.45, 7) is 5.55. The molecular formula is C21H22O4. The zero-order chi connectivity index (χ0) is 18.4. The smallest absolute Gasteiger partial charge is 0.302 e. The summed E-state index contributed by atoms with van der Waals surface area (Å²) in [5, 5.41) is 0. The molecule has 0 spiro atoms. The minimum atomic E-state index is -1.02. The van der Waals surface area contributed by atoms with Crippen LogP contribution in [0, 0.1) is 0 Å². The Hall–Kier alpha value is -2.75. The molecule has 0 atom stereocenters. The molecule has 0 fully saturated rings. The summed E-state index contributed by atoms with van der Waals surface area (Å²) in [6, 6.07) is 16.5. The quantitative estimate of drug-likeness (QED) is 0.627. The van der Waals surface area contributed by atoms with Gasteiger partial charge in [-0.25, -0.2) is 0 Å². The third kappa shape index (κ3) is 3.38. The number of hydrogen-bond donors (Lipinski definition) is 0. The Bertz CT molecular complexity index is 742. The fourth-order valence-corrected chi connectivity index (χ4v) is 3.16. The largest absolute Gasteiger partial charge is 0.466 e. The van der Waals surface area contributed by atoms with E-state index in [2.05, 4.69) is 4.74 Å². The molecule has 2 aromatic rings. The Labute approximate surface area is 147 Å². The molecule has 0 N–H and O–H groups in total. The third-order valence-corrected chi connectivity index (χ3v) is 4.34. The standard InChI is InChI=1S/C17H14O2.C4H8O2/c1-2-17(12-8-4-3-5-9-12)15(18)13-10-6-7-11-14(13)16(17)19;1-3-6-4(2)5/h3-11H,2H2,1H3;3H2,1-2H3. The average Bonchev–Trinajstić information content (AvgIpc) is 2.85. The van der Waals surface area contributed by atoms with Crippen LogP contribution in [-0.4, -0.2) is 24.1 Å². The Morgan fingerprint density at radius 2 is 1.36 bits per heavy atom. The number of ether oxygens (including phenoxy) is 1. The van der Waals surface area contributed by atoms with Crippen molar-refractivity contribution >= 4 is 17.5 Å². The molecule has 3 rings (SSSR count). The maximum atomic E-state index is 12.7. The number of esters is 1. The van der Waals surface area contributed by atoms with Gasteiger partial charge in [-0.05, 0) is 18.9 Å². The van der Waals surface area contributed by atoms with Gasteiger partial charge in [0.2, 0.25) is 0 Å². The number of carbonyl (C=O) groups excluding carboxylic acids is 3. The maximum Gasteiger partial charge on any atom is 0.302 e. The van der Waals surface area contributed by atoms with Crippen LogP contribution in [0.15, 0.2) is 54.6 Å². The van der Waals surface area contributed by atoms with E-state index < -0.39 is 5.41 Å². The highest BCUT2D eigenvalue weighted by Gasteiger charge is 2.52. The fourth-order valence-electron chi connectivity index (χ4n) is 3.16. The zero-order valence-corrected chi connectivity index (χ0v) is 14.7. The molecule has 0 heterocycles. The molecule has 4 heteroatoms. The molecule has 0 saturated carbocycles. The zero-order valence-electron chi connectivity index (χ0n) is 14.7. The van der Waals surface area contributed by atoms with Crippen molar-refractivity contribution in [1.82, 2.24) is 0 Å². The van der Waals surface area contributed by atoms with E-state index in [-0.39, 0.29) is 17.5 Å². The highest BCUT2D eigenvalue weighted by Crippen LogP contribution is 2.41. The van der Waals surface area contributed by atoms with Crippen molar-refractivity contribution < 1.29 is 19.1 Å². The number of hydrogen-bond acceptors (Lipinski definition) is 4. The van der Waals surface area contributed by atoms with Gasteiger partial charge in [-0.1, -0.05) is 61.5 Å². The minimum absolute atomic E-state index is 0.0678. The van der Waals surface area contributed by atoms with E-state index in [0.717, 1.165) is 5.56 Å². The van der Waals surface area contributed by atoms with Gasteiger partial charge in [-0.3, -0.25) is 14.4 Å². The second-order valence-electron chi connectivity index (χ2n) is 5.75. The Kier molecular flexibility index (Phi) is 5.86. The maximum absolute atomic E-state index is 12.7. The van der Waals surface area contributed by atoms with Crippen LogP contribution in [0.2, 0.25) is 0 Å². The van der Waals surface area contributed by atoms with Crippen LogP contribution in [0.5, 0.6) is 0 Å². The van der Waals surface area contributed by atoms with E-state index in [0.29, 0.717) is 24.2 Å². The van der Waals surface area contributed by atoms with Crippen LogP contribution in [-0.2, 0) is 14.9 Å². The van der Waals surface area contributed by atoms with Gasteiger partial charge in [-0.2, -0.15) is 0 Å². The van der Waals surface area contributed by atoms with Crippen molar-refractivity contribution in [1.29, 1.82) is 0 Å². The van der Waals surface area contributed by atoms with Crippen molar-refractivity contribution in [3.05, 3.63) is 71.3 Å². The fraction of sp³-hybridized carbons (Fsp3) is 0.286. The molecule has 4 nitrogen and oxygen atoms in total. The van der Waals surface area contributed by atoms with Crippen molar-refractivity contribution in [2.24, 2.45) is 0 Å². The van der Waals surface area contributed by atoms with E-state index in [1.165, 1.54) is 6.92 Å². The first-order chi connectivity index (χ1) is 12.0. The summed E-state index contributed by atoms with van der Waals surface area (Å²) in [5.41, 5.74) is 0.880. The third-order valence-electron chi connectivity index (χ3n) is 4.34. The van der Waals surface area contributed by atoms with E-state index >= 15 is 0 Å². The predicted octanol–water partition coefficient (Wildman–Crippen LogP) is 3.98. The highest BCUT2D eigenvalue weighted by molar-refractivity contribution is 6.33. The SMILES string of the molecule is CCC1(c2ccccc2)C(=O)c2ccccc2C1=O.CCOC(C)=O. The molecule has 25 heavy (non-hydrogen) atoms. The molecule has 0 amide bonds. The van der Waals surface area contributed by atoms with E-state index in [4.69, 9.17) is 0 Å². The number of Topliss-reactive ketones (excluding diaryl/α,β-unsaturated/α-hetero) is 2. The van der Waals surface area contributed by atoms with Crippen molar-refractivity contribution in [3.63, 3.8) is 0 Å². The molecule has 1 aliphatic rings. The van der Waals surface area contributed by atoms with Gasteiger partial charge >= 0.3 is 5.97 Å². The summed E-state index contributed by atoms with van der Waals surface area (Å²) in [6.07, 6.45) is 0.489. The molecule has 0 bridgehead atoms. The summed E-state index contributed by atoms with van der Waals surface area (Å²) < 4.78 is 4.40. The molecule has 0 unspecified atom stereocenters. The second-order valence-corrected chi connectivity index (χ2v) is 5.75. The first kappa shape index (κ1) is 18.6. The lowest BCUT2D eigenvalue weighted by Crippen LogP contribution is -2.37. The molecule has 0 aromatic heterocycles. The monoisotopic (exact) mass is 338 g/mol. The molecule has 2 aromatic carbocycles. The van der Waals surface area contributed by atoms with E-state index in [1.807, 2.05) is 37.3 Å². The summed E-state index contributed by atoms with van der Waals surface area (Å²) >= 11 is 0. The molecule has 0 radical (unpaired) electrons. The Morgan fingerprint density at radius 1 is 0.880 bits per heavy atom. The topological polar surface area (TPSA) is 60.4 Å². The average molecular weight is 338 g/mol. The van der Waals surface area contributed by atoms with Crippen LogP contribution in [0.3, 0.4) is 0 Å². The van der Waals surface area contributed by atoms with Gasteiger partial charge in [0.1, 0.15) is 5.41 Å². The summed E-state index contributed by atoms with van der Waals surface area (Å²) in [4.78, 5) is 35.3. The lowest BCUT2D eigenvalue weighted by Gasteiger charge is -2.24. The summed E-state index contributed by atoms with van der Waals surface area (Å²) in [5.74, 6) is -0.346. The van der Waals surface area contributed by atoms with Crippen LogP contribution in [0.4, 0.5) is 0 Å². The number of ketones is 2. The Morgan fingerprint density at radius 3 is 1.72 bits per heavy atom. The molecular weight excluding hydrogens is 316 g/mol. The van der Waals surface area contributed by atoms with Crippen molar-refractivity contribution in [3.8, 4) is 0 Å². The predicted molar refractivity (Wildman–Crippen MR) is 95.8 cm³/mol. The van der Waals surface area contributed by atoms with Crippen LogP contribution < -0.4 is 0 Å². The van der Waals surface area contributed by atoms with Gasteiger partial charge in [0.25, 0.3) is 0 Å². The van der Waals surface area contributed by atoms with Crippen LogP contribution >= 0.6 is 0 Å². The van der Waals surface area contributed by atoms with Crippen LogP contribution in [0.1, 0.15) is 53.5 Å². The van der Waals surface area contributed by atoms with E-state index in [1.54, 1.807) is 31.2 Å². The van der Waals surface area contributed by atoms with Crippen LogP contribution in [0.25, 0.3) is 0 Å². The lowest BCUT2D eigenvalue weighted by atomic mass is 9.74. The lowest BCUT2D eigenvalue weighted by molar-refractivity contribution is -0.140. The van der Waals surface area contributed by atoms with Crippen molar-refractivity contribution in [2.45, 2.75) is 32.6 Å². The number of fused-ring (bicyclic) bond motifs is 1. The molecule has 0 aliphatic heterocycles. The second kappa shape index (κ2) is 7.88. The number of carbonyl (C=O) groups is 3. The highest BCUT2D eigenvalue weighted by atomic mass is 16.5. The first-order valence-electron chi connectivity index (χ1n) is 8.36. The van der Waals surface area contributed by atoms with Gasteiger partial charge in [-0.15, -0.1) is 0 Å². The van der Waals surface area contributed by atoms with Gasteiger partial charge in [0.15, 0.2) is 11.6 Å². The van der Waals surface area contributed by atoms with Gasteiger partial charge in [0.05, 0.1) is 6.61 Å². The minimum Gasteiger partial charge on any atom is -0.466 e. The Balaban J connectivity index is 0.000000326. The molecule has 0 saturated heterocycles. The van der Waals surface area contributed by atoms with Crippen molar-refractivity contribution in [2.75, 3.05) is 6.61 Å². The van der Waals surface area contributed by atoms with Gasteiger partial charge in [0, 0.05) is 18.1 Å². The first-order valence-corrected chi connectivity index (χ1v) is 8.36. The van der Waals surface area contributed by atoms with E-state index in [9.17, 15) is 14.4 Å². The van der Waals surface area contributed by atoms with Gasteiger partial charge < -0.3 is 4.74 Å². The number of rotatable bonds is 3. The molecule has 1 aliphatic carbocycles. The normalized spacial score (nSPS) is 14.4. The molecule has 130 valence electrons. The number of benzene rings is 2.